The van der Waals surface area contributed by atoms with Gasteiger partial charge in [-0.1, -0.05) is 0 Å². The second-order valence-corrected chi connectivity index (χ2v) is 7.98. The van der Waals surface area contributed by atoms with Crippen molar-refractivity contribution >= 4 is 17.7 Å². The molecule has 0 aliphatic carbocycles. The highest BCUT2D eigenvalue weighted by atomic mass is 19.3. The molecule has 3 heterocycles. The molecule has 0 spiro atoms. The second kappa shape index (κ2) is 8.27. The van der Waals surface area contributed by atoms with Gasteiger partial charge in [-0.3, -0.25) is 24.6 Å². The summed E-state index contributed by atoms with van der Waals surface area (Å²) >= 11 is 0. The predicted octanol–water partition coefficient (Wildman–Crippen LogP) is 0.493. The van der Waals surface area contributed by atoms with Crippen molar-refractivity contribution in [1.29, 1.82) is 0 Å². The first-order valence-corrected chi connectivity index (χ1v) is 10.0. The van der Waals surface area contributed by atoms with Gasteiger partial charge in [0.15, 0.2) is 0 Å². The van der Waals surface area contributed by atoms with Crippen LogP contribution in [0.25, 0.3) is 0 Å². The van der Waals surface area contributed by atoms with Gasteiger partial charge < -0.3 is 15.4 Å². The van der Waals surface area contributed by atoms with Crippen LogP contribution in [-0.4, -0.2) is 71.8 Å². The van der Waals surface area contributed by atoms with Crippen LogP contribution in [-0.2, 0) is 16.1 Å². The molecule has 3 N–H and O–H groups in total. The molecule has 0 saturated carbocycles. The highest BCUT2D eigenvalue weighted by molar-refractivity contribution is 6.05. The number of halogens is 2. The van der Waals surface area contributed by atoms with Gasteiger partial charge in [0.05, 0.1) is 6.54 Å². The zero-order valence-electron chi connectivity index (χ0n) is 16.4. The predicted molar refractivity (Wildman–Crippen MR) is 102 cm³/mol. The number of nitrogens with zero attached hydrogens (tertiary/aromatic N) is 2. The highest BCUT2D eigenvalue weighted by Gasteiger charge is 2.39. The van der Waals surface area contributed by atoms with Crippen molar-refractivity contribution in [2.75, 3.05) is 19.6 Å². The van der Waals surface area contributed by atoms with Gasteiger partial charge in [-0.15, -0.1) is 0 Å². The number of nitrogens with one attached hydrogen (secondary N) is 1. The number of likely N-dealkylation sites (tertiary alicyclic amines) is 1. The Hall–Kier alpha value is -2.59. The fourth-order valence-electron chi connectivity index (χ4n) is 4.28. The van der Waals surface area contributed by atoms with Gasteiger partial charge in [0.25, 0.3) is 12.3 Å². The van der Waals surface area contributed by atoms with Gasteiger partial charge in [0, 0.05) is 37.7 Å². The number of hydrogen-bond donors (Lipinski definition) is 2. The van der Waals surface area contributed by atoms with Gasteiger partial charge in [-0.25, -0.2) is 8.78 Å². The number of carbonyl (C=O) groups excluding carboxylic acids is 3. The quantitative estimate of drug-likeness (QED) is 0.670. The zero-order valence-corrected chi connectivity index (χ0v) is 16.4. The van der Waals surface area contributed by atoms with Crippen molar-refractivity contribution in [3.63, 3.8) is 0 Å². The minimum atomic E-state index is -2.41. The lowest BCUT2D eigenvalue weighted by molar-refractivity contribution is -0.136. The maximum absolute atomic E-state index is 12.7. The van der Waals surface area contributed by atoms with E-state index in [1.165, 1.54) is 4.90 Å². The Balaban J connectivity index is 1.45. The fourth-order valence-corrected chi connectivity index (χ4v) is 4.28. The van der Waals surface area contributed by atoms with E-state index in [1.54, 1.807) is 23.1 Å². The van der Waals surface area contributed by atoms with Crippen molar-refractivity contribution in [2.45, 2.75) is 50.4 Å². The summed E-state index contributed by atoms with van der Waals surface area (Å²) in [7, 11) is 0. The minimum absolute atomic E-state index is 0.194. The molecule has 8 nitrogen and oxygen atoms in total. The molecule has 3 aliphatic rings. The normalized spacial score (nSPS) is 27.4. The number of imide groups is 1. The molecule has 4 rings (SSSR count). The van der Waals surface area contributed by atoms with E-state index >= 15 is 0 Å². The lowest BCUT2D eigenvalue weighted by atomic mass is 10.0. The van der Waals surface area contributed by atoms with Gasteiger partial charge in [0.1, 0.15) is 17.9 Å². The number of piperidine rings is 2. The lowest BCUT2D eigenvalue weighted by Gasteiger charge is -2.36. The van der Waals surface area contributed by atoms with Crippen LogP contribution in [0.4, 0.5) is 8.78 Å². The van der Waals surface area contributed by atoms with Gasteiger partial charge in [0.2, 0.25) is 11.8 Å². The molecule has 1 unspecified atom stereocenters. The average molecular weight is 422 g/mol. The Morgan fingerprint density at radius 2 is 2.03 bits per heavy atom. The van der Waals surface area contributed by atoms with Crippen LogP contribution in [0.1, 0.15) is 35.2 Å². The first-order valence-electron chi connectivity index (χ1n) is 10.0. The third kappa shape index (κ3) is 4.15. The molecule has 0 bridgehead atoms. The van der Waals surface area contributed by atoms with Crippen LogP contribution in [0.2, 0.25) is 0 Å². The van der Waals surface area contributed by atoms with E-state index in [2.05, 4.69) is 5.32 Å². The Bertz CT molecular complexity index is 865. The molecule has 1 aromatic carbocycles. The Labute approximate surface area is 172 Å². The summed E-state index contributed by atoms with van der Waals surface area (Å²) in [5.41, 5.74) is 7.33. The summed E-state index contributed by atoms with van der Waals surface area (Å²) in [5, 5.41) is 2.27. The van der Waals surface area contributed by atoms with E-state index in [9.17, 15) is 23.2 Å². The molecule has 3 atom stereocenters. The van der Waals surface area contributed by atoms with E-state index in [0.717, 1.165) is 5.56 Å². The molecule has 0 aromatic heterocycles. The zero-order chi connectivity index (χ0) is 21.4. The number of nitrogens with two attached hydrogens (primary N) is 1. The largest absolute Gasteiger partial charge is 0.487 e. The number of carbonyl (C=O) groups is 3. The molecule has 2 saturated heterocycles. The van der Waals surface area contributed by atoms with E-state index < -0.39 is 24.5 Å². The molecule has 3 amide bonds. The molecule has 0 radical (unpaired) electrons. The maximum Gasteiger partial charge on any atom is 0.255 e. The summed E-state index contributed by atoms with van der Waals surface area (Å²) in [6, 6.07) is 4.08. The number of benzene rings is 1. The Morgan fingerprint density at radius 1 is 1.23 bits per heavy atom. The minimum Gasteiger partial charge on any atom is -0.487 e. The third-order valence-electron chi connectivity index (χ3n) is 5.87. The van der Waals surface area contributed by atoms with Crippen LogP contribution in [0, 0.1) is 0 Å². The van der Waals surface area contributed by atoms with Crippen LogP contribution < -0.4 is 15.8 Å². The topological polar surface area (TPSA) is 105 Å². The standard InChI is InChI=1S/C20H24F2N4O4/c21-17(22)10-25-6-5-14(23)16(9-25)30-12-1-2-13-11(7-12)8-26(20(13)29)15-3-4-18(27)24-19(15)28/h1-2,7,14-17H,3-6,8-10,23H2,(H,24,27,28)/t14-,15?,16-/m1/s1. The van der Waals surface area contributed by atoms with E-state index in [0.29, 0.717) is 37.2 Å². The smallest absolute Gasteiger partial charge is 0.255 e. The molecule has 10 heteroatoms. The Morgan fingerprint density at radius 3 is 2.77 bits per heavy atom. The van der Waals surface area contributed by atoms with E-state index in [1.807, 2.05) is 0 Å². The SMILES string of the molecule is N[C@@H]1CCN(CC(F)F)C[C@H]1Oc1ccc2c(c1)CN(C1CCC(=O)NC1=O)C2=O. The fraction of sp³-hybridized carbons (Fsp3) is 0.550. The van der Waals surface area contributed by atoms with Crippen molar-refractivity contribution in [3.05, 3.63) is 29.3 Å². The number of rotatable bonds is 5. The van der Waals surface area contributed by atoms with Gasteiger partial charge in [-0.2, -0.15) is 0 Å². The third-order valence-corrected chi connectivity index (χ3v) is 5.87. The van der Waals surface area contributed by atoms with Crippen LogP contribution in [0.5, 0.6) is 5.75 Å². The molecule has 3 aliphatic heterocycles. The molecule has 2 fully saturated rings. The summed E-state index contributed by atoms with van der Waals surface area (Å²) in [4.78, 5) is 39.4. The molecule has 30 heavy (non-hydrogen) atoms. The average Bonchev–Trinajstić information content (AvgIpc) is 3.00. The maximum atomic E-state index is 12.7. The highest BCUT2D eigenvalue weighted by Crippen LogP contribution is 2.31. The van der Waals surface area contributed by atoms with E-state index in [4.69, 9.17) is 10.5 Å². The van der Waals surface area contributed by atoms with Crippen molar-refractivity contribution in [3.8, 4) is 5.75 Å². The summed E-state index contributed by atoms with van der Waals surface area (Å²) in [5.74, 6) is -0.550. The first-order chi connectivity index (χ1) is 14.3. The molecular formula is C20H24F2N4O4. The van der Waals surface area contributed by atoms with Gasteiger partial charge >= 0.3 is 0 Å². The van der Waals surface area contributed by atoms with Crippen LogP contribution in [0.3, 0.4) is 0 Å². The number of amides is 3. The second-order valence-electron chi connectivity index (χ2n) is 7.98. The number of ether oxygens (including phenoxy) is 1. The summed E-state index contributed by atoms with van der Waals surface area (Å²) in [6.45, 7) is 0.743. The number of hydrogen-bond acceptors (Lipinski definition) is 6. The Kier molecular flexibility index (Phi) is 5.70. The summed E-state index contributed by atoms with van der Waals surface area (Å²) < 4.78 is 31.4. The lowest BCUT2D eigenvalue weighted by Crippen LogP contribution is -2.54. The number of alkyl halides is 2. The molecule has 1 aromatic rings. The van der Waals surface area contributed by atoms with Crippen molar-refractivity contribution in [1.82, 2.24) is 15.1 Å². The number of fused-ring (bicyclic) bond motifs is 1. The molecular weight excluding hydrogens is 398 g/mol. The monoisotopic (exact) mass is 422 g/mol. The van der Waals surface area contributed by atoms with Crippen LogP contribution in [0.15, 0.2) is 18.2 Å². The molecule has 162 valence electrons. The summed E-state index contributed by atoms with van der Waals surface area (Å²) in [6.07, 6.45) is -1.79. The van der Waals surface area contributed by atoms with E-state index in [-0.39, 0.29) is 37.4 Å². The van der Waals surface area contributed by atoms with Gasteiger partial charge in [-0.05, 0) is 36.6 Å². The van der Waals surface area contributed by atoms with Crippen LogP contribution >= 0.6 is 0 Å². The van der Waals surface area contributed by atoms with Crippen molar-refractivity contribution in [2.24, 2.45) is 5.73 Å². The van der Waals surface area contributed by atoms with Crippen molar-refractivity contribution < 1.29 is 27.9 Å². The first kappa shape index (κ1) is 20.7.